The summed E-state index contributed by atoms with van der Waals surface area (Å²) in [6.45, 7) is 1.85. The summed E-state index contributed by atoms with van der Waals surface area (Å²) in [6, 6.07) is 7.36. The first-order valence-electron chi connectivity index (χ1n) is 6.24. The lowest BCUT2D eigenvalue weighted by Gasteiger charge is -2.09. The molecule has 1 aromatic heterocycles. The predicted molar refractivity (Wildman–Crippen MR) is 84.4 cm³/mol. The molecule has 2 aromatic rings. The molecule has 0 spiro atoms. The number of aromatic nitrogens is 2. The van der Waals surface area contributed by atoms with Crippen LogP contribution in [0.1, 0.15) is 18.6 Å². The molecule has 0 aliphatic rings. The van der Waals surface area contributed by atoms with E-state index in [4.69, 9.17) is 11.2 Å². The van der Waals surface area contributed by atoms with Crippen molar-refractivity contribution < 1.29 is 9.84 Å². The maximum absolute atomic E-state index is 9.47. The van der Waals surface area contributed by atoms with E-state index in [-0.39, 0.29) is 6.61 Å². The summed E-state index contributed by atoms with van der Waals surface area (Å²) in [4.78, 5) is 8.38. The van der Waals surface area contributed by atoms with E-state index in [1.807, 2.05) is 24.3 Å². The summed E-state index contributed by atoms with van der Waals surface area (Å²) in [5.41, 5.74) is 1.65. The van der Waals surface area contributed by atoms with E-state index in [1.54, 1.807) is 13.1 Å². The van der Waals surface area contributed by atoms with Crippen molar-refractivity contribution in [2.75, 3.05) is 11.9 Å². The smallest absolute Gasteiger partial charge is 0.233 e. The Bertz CT molecular complexity index is 651. The summed E-state index contributed by atoms with van der Waals surface area (Å²) in [7, 11) is 0. The molecule has 0 bridgehead atoms. The average Bonchev–Trinajstić information content (AvgIpc) is 2.48. The van der Waals surface area contributed by atoms with Gasteiger partial charge < -0.3 is 15.2 Å². The van der Waals surface area contributed by atoms with Gasteiger partial charge in [0.2, 0.25) is 11.8 Å². The number of nitrogens with one attached hydrogen (secondary N) is 1. The van der Waals surface area contributed by atoms with Crippen LogP contribution in [0.25, 0.3) is 0 Å². The van der Waals surface area contributed by atoms with Crippen LogP contribution in [-0.4, -0.2) is 21.7 Å². The highest BCUT2D eigenvalue weighted by molar-refractivity contribution is 9.10. The summed E-state index contributed by atoms with van der Waals surface area (Å²) in [6.07, 6.45) is 6.25. The molecule has 1 unspecified atom stereocenters. The van der Waals surface area contributed by atoms with Crippen LogP contribution in [-0.2, 0) is 0 Å². The van der Waals surface area contributed by atoms with Gasteiger partial charge in [-0.3, -0.25) is 0 Å². The summed E-state index contributed by atoms with van der Waals surface area (Å²) in [5, 5.41) is 12.5. The van der Waals surface area contributed by atoms with Crippen LogP contribution in [0.2, 0.25) is 0 Å². The van der Waals surface area contributed by atoms with Crippen molar-refractivity contribution in [1.82, 2.24) is 9.97 Å². The quantitative estimate of drug-likeness (QED) is 0.813. The zero-order valence-electron chi connectivity index (χ0n) is 11.4. The second kappa shape index (κ2) is 7.07. The fourth-order valence-corrected chi connectivity index (χ4v) is 1.90. The van der Waals surface area contributed by atoms with Crippen molar-refractivity contribution in [3.8, 4) is 18.2 Å². The minimum absolute atomic E-state index is 0.137. The van der Waals surface area contributed by atoms with Crippen LogP contribution in [0.5, 0.6) is 5.88 Å². The highest BCUT2D eigenvalue weighted by Crippen LogP contribution is 2.24. The monoisotopic (exact) mass is 347 g/mol. The standard InChI is InChI=1S/C15H14BrN3O2/c1-3-8-21-14-13(16)9-17-15(19-14)18-12-6-4-11(5-7-12)10(2)20/h1,4-7,9-10,20H,8H2,2H3,(H,17,18,19). The van der Waals surface area contributed by atoms with Crippen LogP contribution in [0.4, 0.5) is 11.6 Å². The number of halogens is 1. The molecule has 0 aliphatic heterocycles. The third-order valence-corrected chi connectivity index (χ3v) is 3.20. The molecule has 0 fully saturated rings. The second-order valence-electron chi connectivity index (χ2n) is 4.26. The van der Waals surface area contributed by atoms with Crippen molar-refractivity contribution in [2.24, 2.45) is 0 Å². The molecule has 5 nitrogen and oxygen atoms in total. The molecule has 6 heteroatoms. The lowest BCUT2D eigenvalue weighted by Crippen LogP contribution is -2.02. The fourth-order valence-electron chi connectivity index (χ4n) is 1.60. The number of aliphatic hydroxyl groups is 1. The van der Waals surface area contributed by atoms with Crippen molar-refractivity contribution in [3.63, 3.8) is 0 Å². The number of benzene rings is 1. The predicted octanol–water partition coefficient (Wildman–Crippen LogP) is 3.05. The number of hydrogen-bond donors (Lipinski definition) is 2. The lowest BCUT2D eigenvalue weighted by molar-refractivity contribution is 0.199. The molecule has 108 valence electrons. The first kappa shape index (κ1) is 15.3. The van der Waals surface area contributed by atoms with Crippen molar-refractivity contribution in [1.29, 1.82) is 0 Å². The van der Waals surface area contributed by atoms with Gasteiger partial charge in [-0.1, -0.05) is 18.1 Å². The zero-order valence-corrected chi connectivity index (χ0v) is 13.0. The Morgan fingerprint density at radius 1 is 1.43 bits per heavy atom. The van der Waals surface area contributed by atoms with Crippen LogP contribution in [0.3, 0.4) is 0 Å². The second-order valence-corrected chi connectivity index (χ2v) is 5.12. The highest BCUT2D eigenvalue weighted by atomic mass is 79.9. The van der Waals surface area contributed by atoms with Crippen LogP contribution in [0, 0.1) is 12.3 Å². The van der Waals surface area contributed by atoms with Crippen LogP contribution < -0.4 is 10.1 Å². The Hall–Kier alpha value is -2.10. The molecule has 21 heavy (non-hydrogen) atoms. The van der Waals surface area contributed by atoms with Crippen LogP contribution >= 0.6 is 15.9 Å². The Labute approximate surface area is 131 Å². The van der Waals surface area contributed by atoms with Gasteiger partial charge in [0.15, 0.2) is 6.61 Å². The van der Waals surface area contributed by atoms with Gasteiger partial charge in [-0.2, -0.15) is 4.98 Å². The van der Waals surface area contributed by atoms with E-state index < -0.39 is 6.10 Å². The van der Waals surface area contributed by atoms with Crippen molar-refractivity contribution in [2.45, 2.75) is 13.0 Å². The third kappa shape index (κ3) is 4.18. The zero-order chi connectivity index (χ0) is 15.2. The van der Waals surface area contributed by atoms with E-state index in [2.05, 4.69) is 37.1 Å². The van der Waals surface area contributed by atoms with Gasteiger partial charge in [0.05, 0.1) is 16.8 Å². The van der Waals surface area contributed by atoms with Crippen LogP contribution in [0.15, 0.2) is 34.9 Å². The summed E-state index contributed by atoms with van der Waals surface area (Å²) < 4.78 is 5.94. The van der Waals surface area contributed by atoms with Gasteiger partial charge in [0.25, 0.3) is 0 Å². The molecule has 0 saturated heterocycles. The average molecular weight is 348 g/mol. The fraction of sp³-hybridized carbons (Fsp3) is 0.200. The number of hydrogen-bond acceptors (Lipinski definition) is 5. The molecule has 0 saturated carbocycles. The molecule has 0 amide bonds. The molecule has 2 rings (SSSR count). The third-order valence-electron chi connectivity index (χ3n) is 2.65. The van der Waals surface area contributed by atoms with Gasteiger partial charge >= 0.3 is 0 Å². The van der Waals surface area contributed by atoms with Gasteiger partial charge in [-0.05, 0) is 40.5 Å². The molecule has 2 N–H and O–H groups in total. The SMILES string of the molecule is C#CCOc1nc(Nc2ccc(C(C)O)cc2)ncc1Br. The Balaban J connectivity index is 2.14. The Kier molecular flexibility index (Phi) is 5.14. The van der Waals surface area contributed by atoms with E-state index in [9.17, 15) is 5.11 Å². The largest absolute Gasteiger partial charge is 0.464 e. The van der Waals surface area contributed by atoms with Gasteiger partial charge in [0, 0.05) is 5.69 Å². The number of aliphatic hydroxyl groups excluding tert-OH is 1. The Morgan fingerprint density at radius 2 is 2.14 bits per heavy atom. The maximum Gasteiger partial charge on any atom is 0.233 e. The first-order valence-corrected chi connectivity index (χ1v) is 7.03. The minimum atomic E-state index is -0.494. The molecule has 0 radical (unpaired) electrons. The van der Waals surface area contributed by atoms with E-state index in [0.29, 0.717) is 16.3 Å². The first-order chi connectivity index (χ1) is 10.1. The molecule has 1 heterocycles. The number of anilines is 2. The number of ether oxygens (including phenoxy) is 1. The van der Waals surface area contributed by atoms with E-state index in [0.717, 1.165) is 11.3 Å². The normalized spacial score (nSPS) is 11.5. The van der Waals surface area contributed by atoms with E-state index in [1.165, 1.54) is 0 Å². The highest BCUT2D eigenvalue weighted by Gasteiger charge is 2.07. The van der Waals surface area contributed by atoms with Gasteiger partial charge in [-0.15, -0.1) is 6.42 Å². The number of nitrogens with zero attached hydrogens (tertiary/aromatic N) is 2. The topological polar surface area (TPSA) is 67.3 Å². The van der Waals surface area contributed by atoms with Crippen molar-refractivity contribution >= 4 is 27.6 Å². The lowest BCUT2D eigenvalue weighted by atomic mass is 10.1. The molecular formula is C15H14BrN3O2. The Morgan fingerprint density at radius 3 is 2.76 bits per heavy atom. The summed E-state index contributed by atoms with van der Waals surface area (Å²) in [5.74, 6) is 3.16. The van der Waals surface area contributed by atoms with Gasteiger partial charge in [-0.25, -0.2) is 4.98 Å². The molecule has 1 atom stereocenters. The minimum Gasteiger partial charge on any atom is -0.464 e. The molecular weight excluding hydrogens is 334 g/mol. The summed E-state index contributed by atoms with van der Waals surface area (Å²) >= 11 is 3.30. The van der Waals surface area contributed by atoms with E-state index >= 15 is 0 Å². The van der Waals surface area contributed by atoms with Crippen molar-refractivity contribution in [3.05, 3.63) is 40.5 Å². The van der Waals surface area contributed by atoms with Gasteiger partial charge in [0.1, 0.15) is 0 Å². The maximum atomic E-state index is 9.47. The molecule has 0 aliphatic carbocycles. The molecule has 1 aromatic carbocycles. The number of terminal acetylenes is 1. The number of rotatable bonds is 5.